The van der Waals surface area contributed by atoms with Crippen LogP contribution >= 0.6 is 11.6 Å². The molecule has 2 aromatic heterocycles. The highest BCUT2D eigenvalue weighted by Gasteiger charge is 2.21. The number of nitrogens with zero attached hydrogens (tertiary/aromatic N) is 4. The maximum Gasteiger partial charge on any atom is 0.260 e. The van der Waals surface area contributed by atoms with Gasteiger partial charge in [-0.05, 0) is 26.2 Å². The summed E-state index contributed by atoms with van der Waals surface area (Å²) in [6, 6.07) is 15.3. The number of likely N-dealkylation sites (N-methyl/N-ethyl adjacent to an activating group) is 1. The van der Waals surface area contributed by atoms with Gasteiger partial charge in [0.1, 0.15) is 0 Å². The van der Waals surface area contributed by atoms with E-state index in [-0.39, 0.29) is 5.91 Å². The van der Waals surface area contributed by atoms with E-state index in [9.17, 15) is 4.79 Å². The zero-order valence-corrected chi connectivity index (χ0v) is 16.9. The fraction of sp³-hybridized carbons (Fsp3) is 0.190. The van der Waals surface area contributed by atoms with Gasteiger partial charge in [0.25, 0.3) is 5.91 Å². The van der Waals surface area contributed by atoms with Gasteiger partial charge in [0.15, 0.2) is 5.82 Å². The van der Waals surface area contributed by atoms with Crippen LogP contribution in [0.25, 0.3) is 22.2 Å². The van der Waals surface area contributed by atoms with Crippen LogP contribution in [0.4, 0.5) is 5.82 Å². The standard InChI is InChI=1S/C21H21ClN6O/c1-27(2)11-12-28-19(14-7-4-3-5-8-14)16(13-23-28)21(29)24-20-15-9-6-10-17(22)18(15)25-26-20/h3-10,13H,11-12H2,1-2H3,(H2,24,25,26,29). The van der Waals surface area contributed by atoms with Crippen LogP contribution in [0.5, 0.6) is 0 Å². The van der Waals surface area contributed by atoms with E-state index in [1.807, 2.05) is 61.2 Å². The maximum atomic E-state index is 13.1. The van der Waals surface area contributed by atoms with Crippen LogP contribution in [0, 0.1) is 0 Å². The van der Waals surface area contributed by atoms with E-state index in [0.29, 0.717) is 28.5 Å². The Morgan fingerprint density at radius 3 is 2.72 bits per heavy atom. The zero-order valence-electron chi connectivity index (χ0n) is 16.2. The number of hydrogen-bond donors (Lipinski definition) is 2. The molecule has 0 unspecified atom stereocenters. The maximum absolute atomic E-state index is 13.1. The van der Waals surface area contributed by atoms with E-state index in [4.69, 9.17) is 11.6 Å². The van der Waals surface area contributed by atoms with Crippen LogP contribution < -0.4 is 5.32 Å². The summed E-state index contributed by atoms with van der Waals surface area (Å²) in [5, 5.41) is 15.8. The molecule has 2 heterocycles. The Labute approximate surface area is 173 Å². The predicted molar refractivity (Wildman–Crippen MR) is 115 cm³/mol. The van der Waals surface area contributed by atoms with Crippen LogP contribution in [-0.2, 0) is 6.54 Å². The number of carbonyl (C=O) groups excluding carboxylic acids is 1. The second kappa shape index (κ2) is 8.06. The van der Waals surface area contributed by atoms with E-state index in [1.165, 1.54) is 0 Å². The number of hydrogen-bond acceptors (Lipinski definition) is 4. The first-order chi connectivity index (χ1) is 14.0. The number of nitrogens with one attached hydrogen (secondary N) is 2. The molecule has 0 spiro atoms. The summed E-state index contributed by atoms with van der Waals surface area (Å²) in [5.74, 6) is 0.167. The third kappa shape index (κ3) is 3.87. The van der Waals surface area contributed by atoms with Crippen molar-refractivity contribution in [3.05, 3.63) is 65.3 Å². The molecule has 0 saturated heterocycles. The molecule has 0 bridgehead atoms. The van der Waals surface area contributed by atoms with Gasteiger partial charge in [-0.1, -0.05) is 48.0 Å². The summed E-state index contributed by atoms with van der Waals surface area (Å²) in [7, 11) is 4.01. The van der Waals surface area contributed by atoms with Crippen molar-refractivity contribution in [2.75, 3.05) is 26.0 Å². The quantitative estimate of drug-likeness (QED) is 0.507. The number of amides is 1. The molecule has 2 aromatic carbocycles. The second-order valence-electron chi connectivity index (χ2n) is 6.99. The number of para-hydroxylation sites is 1. The molecule has 0 saturated carbocycles. The average Bonchev–Trinajstić information content (AvgIpc) is 3.32. The monoisotopic (exact) mass is 408 g/mol. The molecular formula is C21H21ClN6O. The van der Waals surface area contributed by atoms with Crippen molar-refractivity contribution in [3.63, 3.8) is 0 Å². The molecule has 2 N–H and O–H groups in total. The van der Waals surface area contributed by atoms with Gasteiger partial charge in [-0.3, -0.25) is 14.6 Å². The van der Waals surface area contributed by atoms with Crippen molar-refractivity contribution >= 4 is 34.2 Å². The molecule has 0 aliphatic carbocycles. The molecule has 0 fully saturated rings. The van der Waals surface area contributed by atoms with Crippen molar-refractivity contribution in [3.8, 4) is 11.3 Å². The van der Waals surface area contributed by atoms with Crippen LogP contribution in [0.1, 0.15) is 10.4 Å². The number of carbonyl (C=O) groups is 1. The molecule has 29 heavy (non-hydrogen) atoms. The number of aromatic amines is 1. The van der Waals surface area contributed by atoms with Crippen molar-refractivity contribution in [1.82, 2.24) is 24.9 Å². The zero-order chi connectivity index (χ0) is 20.4. The lowest BCUT2D eigenvalue weighted by molar-refractivity contribution is 0.102. The number of H-pyrrole nitrogens is 1. The van der Waals surface area contributed by atoms with Crippen molar-refractivity contribution < 1.29 is 4.79 Å². The van der Waals surface area contributed by atoms with Gasteiger partial charge in [-0.2, -0.15) is 10.2 Å². The largest absolute Gasteiger partial charge is 0.308 e. The van der Waals surface area contributed by atoms with Crippen molar-refractivity contribution in [2.24, 2.45) is 0 Å². The number of anilines is 1. The Bertz CT molecular complexity index is 1150. The van der Waals surface area contributed by atoms with Gasteiger partial charge in [0.05, 0.1) is 34.5 Å². The summed E-state index contributed by atoms with van der Waals surface area (Å²) in [6.07, 6.45) is 1.61. The van der Waals surface area contributed by atoms with Gasteiger partial charge in [-0.25, -0.2) is 0 Å². The molecule has 4 aromatic rings. The molecule has 7 nitrogen and oxygen atoms in total. The number of halogens is 1. The predicted octanol–water partition coefficient (Wildman–Crippen LogP) is 3.89. The number of fused-ring (bicyclic) bond motifs is 1. The number of aromatic nitrogens is 4. The topological polar surface area (TPSA) is 78.8 Å². The number of benzene rings is 2. The fourth-order valence-electron chi connectivity index (χ4n) is 3.19. The van der Waals surface area contributed by atoms with E-state index >= 15 is 0 Å². The lowest BCUT2D eigenvalue weighted by Gasteiger charge is -2.13. The van der Waals surface area contributed by atoms with Crippen LogP contribution in [0.3, 0.4) is 0 Å². The normalized spacial score (nSPS) is 11.3. The average molecular weight is 409 g/mol. The first kappa shape index (κ1) is 19.2. The fourth-order valence-corrected chi connectivity index (χ4v) is 3.41. The Kier molecular flexibility index (Phi) is 5.33. The first-order valence-corrected chi connectivity index (χ1v) is 9.62. The Morgan fingerprint density at radius 2 is 1.97 bits per heavy atom. The molecule has 0 aliphatic rings. The Balaban J connectivity index is 1.70. The Hall–Kier alpha value is -3.16. The third-order valence-electron chi connectivity index (χ3n) is 4.67. The SMILES string of the molecule is CN(C)CCn1ncc(C(=O)Nc2n[nH]c3c(Cl)cccc23)c1-c1ccccc1. The summed E-state index contributed by atoms with van der Waals surface area (Å²) in [4.78, 5) is 15.2. The van der Waals surface area contributed by atoms with Crippen molar-refractivity contribution in [1.29, 1.82) is 0 Å². The first-order valence-electron chi connectivity index (χ1n) is 9.24. The minimum absolute atomic E-state index is 0.270. The highest BCUT2D eigenvalue weighted by Crippen LogP contribution is 2.28. The Morgan fingerprint density at radius 1 is 1.17 bits per heavy atom. The van der Waals surface area contributed by atoms with E-state index in [2.05, 4.69) is 25.5 Å². The minimum Gasteiger partial charge on any atom is -0.308 e. The lowest BCUT2D eigenvalue weighted by Crippen LogP contribution is -2.20. The van der Waals surface area contributed by atoms with Crippen molar-refractivity contribution in [2.45, 2.75) is 6.54 Å². The third-order valence-corrected chi connectivity index (χ3v) is 4.99. The summed E-state index contributed by atoms with van der Waals surface area (Å²) in [6.45, 7) is 1.48. The number of rotatable bonds is 6. The van der Waals surface area contributed by atoms with Crippen LogP contribution in [-0.4, -0.2) is 51.4 Å². The van der Waals surface area contributed by atoms with Crippen LogP contribution in [0.15, 0.2) is 54.7 Å². The summed E-state index contributed by atoms with van der Waals surface area (Å²) in [5.41, 5.74) is 2.90. The molecule has 0 radical (unpaired) electrons. The van der Waals surface area contributed by atoms with E-state index < -0.39 is 0 Å². The highest BCUT2D eigenvalue weighted by molar-refractivity contribution is 6.35. The molecule has 4 rings (SSSR count). The van der Waals surface area contributed by atoms with E-state index in [1.54, 1.807) is 12.3 Å². The van der Waals surface area contributed by atoms with Gasteiger partial charge in [-0.15, -0.1) is 0 Å². The minimum atomic E-state index is -0.270. The van der Waals surface area contributed by atoms with Gasteiger partial charge in [0.2, 0.25) is 0 Å². The van der Waals surface area contributed by atoms with Crippen LogP contribution in [0.2, 0.25) is 5.02 Å². The van der Waals surface area contributed by atoms with Gasteiger partial charge >= 0.3 is 0 Å². The molecular weight excluding hydrogens is 388 g/mol. The van der Waals surface area contributed by atoms with E-state index in [0.717, 1.165) is 23.2 Å². The molecule has 8 heteroatoms. The highest BCUT2D eigenvalue weighted by atomic mass is 35.5. The summed E-state index contributed by atoms with van der Waals surface area (Å²) >= 11 is 6.19. The summed E-state index contributed by atoms with van der Waals surface area (Å²) < 4.78 is 1.86. The molecule has 0 atom stereocenters. The molecule has 148 valence electrons. The second-order valence-corrected chi connectivity index (χ2v) is 7.40. The lowest BCUT2D eigenvalue weighted by atomic mass is 10.1. The van der Waals surface area contributed by atoms with Gasteiger partial charge in [0, 0.05) is 17.5 Å². The van der Waals surface area contributed by atoms with Gasteiger partial charge < -0.3 is 10.2 Å². The molecule has 0 aliphatic heterocycles. The smallest absolute Gasteiger partial charge is 0.260 e. The molecule has 1 amide bonds.